The van der Waals surface area contributed by atoms with Crippen LogP contribution in [0.25, 0.3) is 11.4 Å². The van der Waals surface area contributed by atoms with Crippen molar-refractivity contribution >= 4 is 5.95 Å². The van der Waals surface area contributed by atoms with E-state index in [0.717, 1.165) is 31.8 Å². The normalized spacial score (nSPS) is 19.5. The van der Waals surface area contributed by atoms with Gasteiger partial charge in [0.05, 0.1) is 7.11 Å². The molecule has 1 aliphatic heterocycles. The fourth-order valence-electron chi connectivity index (χ4n) is 4.90. The summed E-state index contributed by atoms with van der Waals surface area (Å²) in [5.41, 5.74) is 0.636. The first kappa shape index (κ1) is 25.3. The molecule has 2 heterocycles. The Morgan fingerprint density at radius 1 is 1.12 bits per heavy atom. The Bertz CT molecular complexity index is 870. The molecule has 9 heteroatoms. The number of aromatic nitrogens is 3. The zero-order valence-electron chi connectivity index (χ0n) is 19.8. The minimum Gasteiger partial charge on any atom is -0.494 e. The van der Waals surface area contributed by atoms with Crippen LogP contribution in [0.15, 0.2) is 18.2 Å². The van der Waals surface area contributed by atoms with Gasteiger partial charge in [0.2, 0.25) is 5.95 Å². The maximum absolute atomic E-state index is 14.4. The fraction of sp³-hybridized carbons (Fsp3) is 0.625. The highest BCUT2D eigenvalue weighted by Gasteiger charge is 2.28. The van der Waals surface area contributed by atoms with Crippen LogP contribution in [-0.2, 0) is 0 Å². The van der Waals surface area contributed by atoms with Crippen LogP contribution in [0.1, 0.15) is 70.0 Å². The molecule has 0 spiro atoms. The van der Waals surface area contributed by atoms with E-state index in [9.17, 15) is 4.39 Å². The summed E-state index contributed by atoms with van der Waals surface area (Å²) in [6, 6.07) is 5.25. The molecule has 6 N–H and O–H groups in total. The van der Waals surface area contributed by atoms with Crippen LogP contribution in [0, 0.1) is 11.7 Å². The number of hydrazine groups is 1. The van der Waals surface area contributed by atoms with Crippen LogP contribution in [-0.4, -0.2) is 41.2 Å². The number of hydrogen-bond acceptors (Lipinski definition) is 8. The van der Waals surface area contributed by atoms with Gasteiger partial charge in [0.15, 0.2) is 17.4 Å². The predicted molar refractivity (Wildman–Crippen MR) is 129 cm³/mol. The highest BCUT2D eigenvalue weighted by atomic mass is 19.1. The fourth-order valence-corrected chi connectivity index (χ4v) is 4.90. The van der Waals surface area contributed by atoms with Crippen molar-refractivity contribution < 1.29 is 9.13 Å². The Hall–Kier alpha value is -2.36. The molecule has 1 aromatic heterocycles. The van der Waals surface area contributed by atoms with Gasteiger partial charge in [0.1, 0.15) is 5.82 Å². The standard InChI is InChI=1S/C24H34FN5O.H4N2/c1-3-18(20-10-7-13-26-20)23-28-22(17-11-12-21(31-2)19(25)14-17)29-24(30-23)27-15-16-8-5-4-6-9-16;1-2/h11-12,14,16,18,20,26H,3-10,13,15H2,1-2H3,(H,27,28,29,30);1-2H2/t18-,20?;/m0./s1. The van der Waals surface area contributed by atoms with E-state index in [2.05, 4.69) is 34.2 Å². The molecule has 182 valence electrons. The molecule has 1 saturated carbocycles. The molecule has 0 radical (unpaired) electrons. The lowest BCUT2D eigenvalue weighted by Crippen LogP contribution is -2.30. The zero-order valence-corrected chi connectivity index (χ0v) is 19.8. The second-order valence-electron chi connectivity index (χ2n) is 8.79. The van der Waals surface area contributed by atoms with E-state index in [-0.39, 0.29) is 11.7 Å². The molecule has 33 heavy (non-hydrogen) atoms. The molecule has 1 aliphatic carbocycles. The summed E-state index contributed by atoms with van der Waals surface area (Å²) < 4.78 is 19.4. The van der Waals surface area contributed by atoms with Gasteiger partial charge in [-0.15, -0.1) is 0 Å². The van der Waals surface area contributed by atoms with Crippen molar-refractivity contribution in [3.05, 3.63) is 29.8 Å². The topological polar surface area (TPSA) is 124 Å². The highest BCUT2D eigenvalue weighted by molar-refractivity contribution is 5.58. The lowest BCUT2D eigenvalue weighted by Gasteiger charge is -2.23. The van der Waals surface area contributed by atoms with Gasteiger partial charge < -0.3 is 15.4 Å². The summed E-state index contributed by atoms with van der Waals surface area (Å²) in [6.45, 7) is 4.09. The first-order valence-electron chi connectivity index (χ1n) is 12.1. The molecule has 1 saturated heterocycles. The van der Waals surface area contributed by atoms with E-state index in [1.807, 2.05) is 0 Å². The minimum absolute atomic E-state index is 0.211. The molecule has 2 aromatic rings. The molecule has 1 aromatic carbocycles. The van der Waals surface area contributed by atoms with Crippen LogP contribution in [0.5, 0.6) is 5.75 Å². The van der Waals surface area contributed by atoms with Crippen LogP contribution < -0.4 is 27.1 Å². The monoisotopic (exact) mass is 459 g/mol. The summed E-state index contributed by atoms with van der Waals surface area (Å²) >= 11 is 0. The molecule has 0 bridgehead atoms. The van der Waals surface area contributed by atoms with Crippen LogP contribution in [0.4, 0.5) is 10.3 Å². The van der Waals surface area contributed by atoms with E-state index in [1.54, 1.807) is 12.1 Å². The first-order chi connectivity index (χ1) is 16.2. The molecule has 8 nitrogen and oxygen atoms in total. The van der Waals surface area contributed by atoms with Gasteiger partial charge in [-0.3, -0.25) is 11.7 Å². The summed E-state index contributed by atoms with van der Waals surface area (Å²) in [5, 5.41) is 7.07. The number of hydrogen-bond donors (Lipinski definition) is 4. The summed E-state index contributed by atoms with van der Waals surface area (Å²) in [5.74, 6) is 10.6. The Labute approximate surface area is 196 Å². The molecular weight excluding hydrogens is 421 g/mol. The van der Waals surface area contributed by atoms with Crippen molar-refractivity contribution in [2.45, 2.75) is 70.3 Å². The van der Waals surface area contributed by atoms with Crippen molar-refractivity contribution in [1.29, 1.82) is 0 Å². The predicted octanol–water partition coefficient (Wildman–Crippen LogP) is 3.74. The van der Waals surface area contributed by atoms with E-state index in [0.29, 0.717) is 29.3 Å². The Morgan fingerprint density at radius 3 is 2.55 bits per heavy atom. The zero-order chi connectivity index (χ0) is 23.6. The summed E-state index contributed by atoms with van der Waals surface area (Å²) in [6.07, 6.45) is 9.70. The largest absolute Gasteiger partial charge is 0.494 e. The number of anilines is 1. The second-order valence-corrected chi connectivity index (χ2v) is 8.79. The van der Waals surface area contributed by atoms with Gasteiger partial charge >= 0.3 is 0 Å². The summed E-state index contributed by atoms with van der Waals surface area (Å²) in [7, 11) is 1.47. The maximum Gasteiger partial charge on any atom is 0.226 e. The van der Waals surface area contributed by atoms with E-state index >= 15 is 0 Å². The van der Waals surface area contributed by atoms with Gasteiger partial charge in [-0.1, -0.05) is 26.2 Å². The maximum atomic E-state index is 14.4. The third kappa shape index (κ3) is 6.59. The SMILES string of the molecule is CC[C@H](c1nc(NCC2CCCCC2)nc(-c2ccc(OC)c(F)c2)n1)C1CCCN1.NN. The van der Waals surface area contributed by atoms with Gasteiger partial charge in [-0.05, 0) is 62.8 Å². The lowest BCUT2D eigenvalue weighted by atomic mass is 9.89. The minimum atomic E-state index is -0.414. The molecular formula is C24H38FN7O. The van der Waals surface area contributed by atoms with Gasteiger partial charge in [0, 0.05) is 24.1 Å². The quantitative estimate of drug-likeness (QED) is 0.348. The van der Waals surface area contributed by atoms with E-state index in [1.165, 1.54) is 51.7 Å². The van der Waals surface area contributed by atoms with E-state index < -0.39 is 5.82 Å². The van der Waals surface area contributed by atoms with Crippen molar-refractivity contribution in [3.8, 4) is 17.1 Å². The van der Waals surface area contributed by atoms with Crippen LogP contribution in [0.3, 0.4) is 0 Å². The molecule has 2 atom stereocenters. The number of rotatable bonds is 8. The number of nitrogens with two attached hydrogens (primary N) is 2. The number of benzene rings is 1. The number of nitrogens with zero attached hydrogens (tertiary/aromatic N) is 3. The Morgan fingerprint density at radius 2 is 1.91 bits per heavy atom. The van der Waals surface area contributed by atoms with Crippen molar-refractivity contribution in [2.24, 2.45) is 17.6 Å². The average molecular weight is 460 g/mol. The Kier molecular flexibility index (Phi) is 9.77. The van der Waals surface area contributed by atoms with Gasteiger partial charge in [0.25, 0.3) is 0 Å². The number of halogens is 1. The average Bonchev–Trinajstić information content (AvgIpc) is 3.39. The lowest BCUT2D eigenvalue weighted by molar-refractivity contribution is 0.373. The first-order valence-corrected chi connectivity index (χ1v) is 12.1. The third-order valence-electron chi connectivity index (χ3n) is 6.69. The number of ether oxygens (including phenoxy) is 1. The molecule has 0 amide bonds. The van der Waals surface area contributed by atoms with E-state index in [4.69, 9.17) is 14.7 Å². The van der Waals surface area contributed by atoms with Crippen LogP contribution >= 0.6 is 0 Å². The highest BCUT2D eigenvalue weighted by Crippen LogP contribution is 2.30. The Balaban J connectivity index is 0.00000149. The summed E-state index contributed by atoms with van der Waals surface area (Å²) in [4.78, 5) is 14.3. The smallest absolute Gasteiger partial charge is 0.226 e. The third-order valence-corrected chi connectivity index (χ3v) is 6.69. The molecule has 4 rings (SSSR count). The number of nitrogens with one attached hydrogen (secondary N) is 2. The molecule has 2 aliphatic rings. The molecule has 2 fully saturated rings. The number of methoxy groups -OCH3 is 1. The van der Waals surface area contributed by atoms with Crippen molar-refractivity contribution in [2.75, 3.05) is 25.5 Å². The van der Waals surface area contributed by atoms with Crippen LogP contribution in [0.2, 0.25) is 0 Å². The second kappa shape index (κ2) is 12.8. The van der Waals surface area contributed by atoms with Crippen molar-refractivity contribution in [1.82, 2.24) is 20.3 Å². The molecule has 1 unspecified atom stereocenters. The van der Waals surface area contributed by atoms with Crippen molar-refractivity contribution in [3.63, 3.8) is 0 Å². The van der Waals surface area contributed by atoms with Gasteiger partial charge in [-0.2, -0.15) is 9.97 Å². The van der Waals surface area contributed by atoms with Gasteiger partial charge in [-0.25, -0.2) is 9.37 Å².